The highest BCUT2D eigenvalue weighted by molar-refractivity contribution is 6.33. The summed E-state index contributed by atoms with van der Waals surface area (Å²) < 4.78 is 5.72. The zero-order chi connectivity index (χ0) is 13.8. The molecular formula is C14H16ClN3O. The fraction of sp³-hybridized carbons (Fsp3) is 0.214. The van der Waals surface area contributed by atoms with Crippen LogP contribution in [-0.4, -0.2) is 11.1 Å². The number of nitrogens with two attached hydrogens (primary N) is 1. The summed E-state index contributed by atoms with van der Waals surface area (Å²) >= 11 is 6.09. The molecule has 0 unspecified atom stereocenters. The Morgan fingerprint density at radius 1 is 1.32 bits per heavy atom. The van der Waals surface area contributed by atoms with E-state index in [9.17, 15) is 0 Å². The highest BCUT2D eigenvalue weighted by Gasteiger charge is 2.08. The summed E-state index contributed by atoms with van der Waals surface area (Å²) in [5, 5.41) is 3.62. The van der Waals surface area contributed by atoms with Crippen molar-refractivity contribution in [3.63, 3.8) is 0 Å². The predicted octanol–water partition coefficient (Wildman–Crippen LogP) is 3.85. The second-order valence-electron chi connectivity index (χ2n) is 4.39. The molecule has 0 bridgehead atoms. The minimum absolute atomic E-state index is 0.0952. The van der Waals surface area contributed by atoms with Crippen molar-refractivity contribution in [2.75, 3.05) is 11.1 Å². The molecule has 1 aromatic heterocycles. The molecule has 0 saturated carbocycles. The van der Waals surface area contributed by atoms with Gasteiger partial charge in [0.2, 0.25) is 0 Å². The number of rotatable bonds is 4. The minimum atomic E-state index is 0.0952. The second kappa shape index (κ2) is 5.80. The summed E-state index contributed by atoms with van der Waals surface area (Å²) in [6, 6.07) is 9.30. The summed E-state index contributed by atoms with van der Waals surface area (Å²) in [5.41, 5.74) is 6.96. The van der Waals surface area contributed by atoms with Crippen molar-refractivity contribution in [2.45, 2.75) is 20.0 Å². The van der Waals surface area contributed by atoms with Crippen molar-refractivity contribution in [3.8, 4) is 5.75 Å². The van der Waals surface area contributed by atoms with E-state index >= 15 is 0 Å². The Balaban J connectivity index is 2.27. The van der Waals surface area contributed by atoms with E-state index in [1.807, 2.05) is 38.1 Å². The van der Waals surface area contributed by atoms with E-state index in [2.05, 4.69) is 10.3 Å². The average molecular weight is 278 g/mol. The van der Waals surface area contributed by atoms with Gasteiger partial charge in [-0.05, 0) is 32.0 Å². The molecule has 0 amide bonds. The molecule has 5 heteroatoms. The lowest BCUT2D eigenvalue weighted by Crippen LogP contribution is -2.07. The van der Waals surface area contributed by atoms with E-state index in [0.29, 0.717) is 16.5 Å². The molecule has 3 N–H and O–H groups in total. The van der Waals surface area contributed by atoms with Crippen molar-refractivity contribution in [3.05, 3.63) is 41.6 Å². The Morgan fingerprint density at radius 3 is 2.74 bits per heavy atom. The number of nitrogens with one attached hydrogen (secondary N) is 1. The van der Waals surface area contributed by atoms with Gasteiger partial charge in [0.05, 0.1) is 28.7 Å². The maximum atomic E-state index is 6.09. The number of nitrogen functional groups attached to an aromatic ring is 1. The van der Waals surface area contributed by atoms with Crippen LogP contribution in [0.3, 0.4) is 0 Å². The largest absolute Gasteiger partial charge is 0.489 e. The maximum Gasteiger partial charge on any atom is 0.149 e. The zero-order valence-electron chi connectivity index (χ0n) is 10.9. The maximum absolute atomic E-state index is 6.09. The number of pyridine rings is 1. The van der Waals surface area contributed by atoms with E-state index in [0.717, 1.165) is 11.4 Å². The van der Waals surface area contributed by atoms with Gasteiger partial charge < -0.3 is 15.8 Å². The van der Waals surface area contributed by atoms with E-state index in [1.54, 1.807) is 12.3 Å². The van der Waals surface area contributed by atoms with Crippen LogP contribution < -0.4 is 15.8 Å². The molecule has 4 nitrogen and oxygen atoms in total. The first-order valence-corrected chi connectivity index (χ1v) is 6.38. The minimum Gasteiger partial charge on any atom is -0.489 e. The SMILES string of the molecule is CC(C)Oc1ccccc1Nc1ncc(N)cc1Cl. The van der Waals surface area contributed by atoms with E-state index in [4.69, 9.17) is 22.1 Å². The Labute approximate surface area is 117 Å². The zero-order valence-corrected chi connectivity index (χ0v) is 11.6. The van der Waals surface area contributed by atoms with Gasteiger partial charge in [-0.25, -0.2) is 4.98 Å². The molecule has 2 aromatic rings. The fourth-order valence-corrected chi connectivity index (χ4v) is 1.82. The summed E-state index contributed by atoms with van der Waals surface area (Å²) in [7, 11) is 0. The molecule has 0 atom stereocenters. The van der Waals surface area contributed by atoms with Gasteiger partial charge in [0, 0.05) is 0 Å². The van der Waals surface area contributed by atoms with Gasteiger partial charge in [-0.1, -0.05) is 23.7 Å². The number of halogens is 1. The molecule has 0 aliphatic rings. The summed E-state index contributed by atoms with van der Waals surface area (Å²) in [6.45, 7) is 3.95. The number of ether oxygens (including phenoxy) is 1. The first-order valence-electron chi connectivity index (χ1n) is 6.00. The smallest absolute Gasteiger partial charge is 0.149 e. The van der Waals surface area contributed by atoms with Gasteiger partial charge in [-0.2, -0.15) is 0 Å². The number of aromatic nitrogens is 1. The quantitative estimate of drug-likeness (QED) is 0.891. The van der Waals surface area contributed by atoms with Crippen LogP contribution in [-0.2, 0) is 0 Å². The molecule has 0 saturated heterocycles. The standard InChI is InChI=1S/C14H16ClN3O/c1-9(2)19-13-6-4-3-5-12(13)18-14-11(15)7-10(16)8-17-14/h3-9H,16H2,1-2H3,(H,17,18). The van der Waals surface area contributed by atoms with Crippen LogP contribution >= 0.6 is 11.6 Å². The molecule has 0 aliphatic carbocycles. The Hall–Kier alpha value is -1.94. The van der Waals surface area contributed by atoms with Crippen LogP contribution in [0.25, 0.3) is 0 Å². The van der Waals surface area contributed by atoms with Gasteiger partial charge in [-0.3, -0.25) is 0 Å². The molecular weight excluding hydrogens is 262 g/mol. The number of nitrogens with zero attached hydrogens (tertiary/aromatic N) is 1. The Bertz CT molecular complexity index is 572. The highest BCUT2D eigenvalue weighted by atomic mass is 35.5. The van der Waals surface area contributed by atoms with Gasteiger partial charge in [-0.15, -0.1) is 0 Å². The van der Waals surface area contributed by atoms with Crippen molar-refractivity contribution in [1.29, 1.82) is 0 Å². The van der Waals surface area contributed by atoms with Gasteiger partial charge >= 0.3 is 0 Å². The lowest BCUT2D eigenvalue weighted by molar-refractivity contribution is 0.244. The average Bonchev–Trinajstić information content (AvgIpc) is 2.34. The summed E-state index contributed by atoms with van der Waals surface area (Å²) in [5.74, 6) is 1.31. The lowest BCUT2D eigenvalue weighted by atomic mass is 10.3. The second-order valence-corrected chi connectivity index (χ2v) is 4.79. The van der Waals surface area contributed by atoms with Crippen LogP contribution in [0.15, 0.2) is 36.5 Å². The lowest BCUT2D eigenvalue weighted by Gasteiger charge is -2.15. The summed E-state index contributed by atoms with van der Waals surface area (Å²) in [4.78, 5) is 4.17. The van der Waals surface area contributed by atoms with Gasteiger partial charge in [0.15, 0.2) is 0 Å². The Kier molecular flexibility index (Phi) is 4.12. The van der Waals surface area contributed by atoms with Crippen molar-refractivity contribution in [1.82, 2.24) is 4.98 Å². The summed E-state index contributed by atoms with van der Waals surface area (Å²) in [6.07, 6.45) is 1.65. The molecule has 0 radical (unpaired) electrons. The monoisotopic (exact) mass is 277 g/mol. The topological polar surface area (TPSA) is 60.2 Å². The third-order valence-corrected chi connectivity index (χ3v) is 2.65. The van der Waals surface area contributed by atoms with Crippen molar-refractivity contribution < 1.29 is 4.74 Å². The first kappa shape index (κ1) is 13.5. The number of hydrogen-bond donors (Lipinski definition) is 2. The molecule has 1 heterocycles. The third-order valence-electron chi connectivity index (χ3n) is 2.37. The number of para-hydroxylation sites is 2. The van der Waals surface area contributed by atoms with Gasteiger partial charge in [0.1, 0.15) is 11.6 Å². The molecule has 0 spiro atoms. The number of anilines is 3. The normalized spacial score (nSPS) is 10.5. The van der Waals surface area contributed by atoms with Crippen LogP contribution in [0.5, 0.6) is 5.75 Å². The van der Waals surface area contributed by atoms with Crippen molar-refractivity contribution in [2.24, 2.45) is 0 Å². The predicted molar refractivity (Wildman–Crippen MR) is 79.1 cm³/mol. The van der Waals surface area contributed by atoms with E-state index in [1.165, 1.54) is 0 Å². The fourth-order valence-electron chi connectivity index (χ4n) is 1.60. The molecule has 1 aromatic carbocycles. The van der Waals surface area contributed by atoms with Crippen LogP contribution in [0, 0.1) is 0 Å². The van der Waals surface area contributed by atoms with E-state index < -0.39 is 0 Å². The number of hydrogen-bond acceptors (Lipinski definition) is 4. The molecule has 2 rings (SSSR count). The molecule has 19 heavy (non-hydrogen) atoms. The molecule has 100 valence electrons. The van der Waals surface area contributed by atoms with Gasteiger partial charge in [0.25, 0.3) is 0 Å². The van der Waals surface area contributed by atoms with Crippen LogP contribution in [0.2, 0.25) is 5.02 Å². The first-order chi connectivity index (χ1) is 9.06. The number of benzene rings is 1. The molecule has 0 fully saturated rings. The van der Waals surface area contributed by atoms with E-state index in [-0.39, 0.29) is 6.10 Å². The highest BCUT2D eigenvalue weighted by Crippen LogP contribution is 2.30. The van der Waals surface area contributed by atoms with Crippen molar-refractivity contribution >= 4 is 28.8 Å². The molecule has 0 aliphatic heterocycles. The van der Waals surface area contributed by atoms with Crippen LogP contribution in [0.1, 0.15) is 13.8 Å². The third kappa shape index (κ3) is 3.51. The van der Waals surface area contributed by atoms with Crippen LogP contribution in [0.4, 0.5) is 17.2 Å². The Morgan fingerprint density at radius 2 is 2.05 bits per heavy atom.